The third kappa shape index (κ3) is 2.81. The fraction of sp³-hybridized carbons (Fsp3) is 0.462. The van der Waals surface area contributed by atoms with Gasteiger partial charge in [0, 0.05) is 19.1 Å². The zero-order valence-electron chi connectivity index (χ0n) is 11.1. The Labute approximate surface area is 124 Å². The minimum Gasteiger partial charge on any atom is -0.326 e. The number of nitrogens with zero attached hydrogens (tertiary/aromatic N) is 2. The lowest BCUT2D eigenvalue weighted by atomic mass is 9.96. The van der Waals surface area contributed by atoms with Gasteiger partial charge in [0.1, 0.15) is 6.07 Å². The molecule has 0 radical (unpaired) electrons. The van der Waals surface area contributed by atoms with E-state index >= 15 is 0 Å². The third-order valence-electron chi connectivity index (χ3n) is 3.68. The van der Waals surface area contributed by atoms with E-state index < -0.39 is 10.0 Å². The zero-order chi connectivity index (χ0) is 14.9. The Morgan fingerprint density at radius 2 is 2.20 bits per heavy atom. The Bertz CT molecular complexity index is 654. The quantitative estimate of drug-likeness (QED) is 0.897. The maximum atomic E-state index is 12.5. The van der Waals surface area contributed by atoms with Crippen LogP contribution in [0.5, 0.6) is 0 Å². The van der Waals surface area contributed by atoms with E-state index in [9.17, 15) is 8.42 Å². The summed E-state index contributed by atoms with van der Waals surface area (Å²) in [5.41, 5.74) is 6.20. The van der Waals surface area contributed by atoms with Gasteiger partial charge in [-0.3, -0.25) is 0 Å². The van der Waals surface area contributed by atoms with Crippen LogP contribution in [-0.4, -0.2) is 31.9 Å². The summed E-state index contributed by atoms with van der Waals surface area (Å²) in [6.45, 7) is 2.78. The molecule has 1 aromatic rings. The van der Waals surface area contributed by atoms with Crippen LogP contribution in [0.4, 0.5) is 0 Å². The van der Waals surface area contributed by atoms with E-state index in [2.05, 4.69) is 0 Å². The molecule has 1 fully saturated rings. The predicted octanol–water partition coefficient (Wildman–Crippen LogP) is 1.57. The summed E-state index contributed by atoms with van der Waals surface area (Å²) < 4.78 is 26.4. The molecule has 1 aromatic carbocycles. The molecule has 1 aliphatic heterocycles. The Morgan fingerprint density at radius 3 is 2.75 bits per heavy atom. The van der Waals surface area contributed by atoms with Crippen LogP contribution in [0.2, 0.25) is 5.02 Å². The van der Waals surface area contributed by atoms with Crippen LogP contribution in [0.25, 0.3) is 0 Å². The van der Waals surface area contributed by atoms with Crippen LogP contribution in [0.1, 0.15) is 18.9 Å². The number of benzene rings is 1. The van der Waals surface area contributed by atoms with Gasteiger partial charge in [-0.15, -0.1) is 0 Å². The van der Waals surface area contributed by atoms with Crippen LogP contribution in [0.3, 0.4) is 0 Å². The van der Waals surface area contributed by atoms with Crippen LogP contribution in [0, 0.1) is 17.2 Å². The van der Waals surface area contributed by atoms with Crippen molar-refractivity contribution in [2.75, 3.05) is 13.1 Å². The number of piperidine rings is 1. The van der Waals surface area contributed by atoms with Gasteiger partial charge in [-0.1, -0.05) is 18.5 Å². The standard InChI is InChI=1S/C13H16ClN3O2S/c1-9-4-5-17(8-13(9)16)20(18,19)11-3-2-10(7-15)12(14)6-11/h2-3,6,9,13H,4-5,8,16H2,1H3. The molecular formula is C13H16ClN3O2S. The van der Waals surface area contributed by atoms with Crippen molar-refractivity contribution in [3.8, 4) is 6.07 Å². The SMILES string of the molecule is CC1CCN(S(=O)(=O)c2ccc(C#N)c(Cl)c2)CC1N. The molecule has 108 valence electrons. The van der Waals surface area contributed by atoms with Gasteiger partial charge in [-0.2, -0.15) is 9.57 Å². The second kappa shape index (κ2) is 5.70. The number of nitrogens with two attached hydrogens (primary N) is 1. The van der Waals surface area contributed by atoms with E-state index in [-0.39, 0.29) is 21.5 Å². The van der Waals surface area contributed by atoms with Gasteiger partial charge >= 0.3 is 0 Å². The van der Waals surface area contributed by atoms with Crippen LogP contribution >= 0.6 is 11.6 Å². The first-order valence-corrected chi connectivity index (χ1v) is 8.13. The molecule has 1 saturated heterocycles. The summed E-state index contributed by atoms with van der Waals surface area (Å²) >= 11 is 5.90. The second-order valence-corrected chi connectivity index (χ2v) is 7.39. The molecule has 0 aliphatic carbocycles. The molecule has 0 bridgehead atoms. The van der Waals surface area contributed by atoms with Crippen molar-refractivity contribution < 1.29 is 8.42 Å². The van der Waals surface area contributed by atoms with E-state index in [1.54, 1.807) is 0 Å². The number of hydrogen-bond donors (Lipinski definition) is 1. The smallest absolute Gasteiger partial charge is 0.243 e. The van der Waals surface area contributed by atoms with Crippen molar-refractivity contribution in [3.05, 3.63) is 28.8 Å². The lowest BCUT2D eigenvalue weighted by molar-refractivity contribution is 0.253. The molecule has 2 rings (SSSR count). The molecule has 20 heavy (non-hydrogen) atoms. The highest BCUT2D eigenvalue weighted by atomic mass is 35.5. The molecule has 0 spiro atoms. The third-order valence-corrected chi connectivity index (χ3v) is 5.85. The van der Waals surface area contributed by atoms with E-state index in [0.29, 0.717) is 19.0 Å². The largest absolute Gasteiger partial charge is 0.326 e. The number of nitriles is 1. The van der Waals surface area contributed by atoms with Crippen molar-refractivity contribution in [1.82, 2.24) is 4.31 Å². The van der Waals surface area contributed by atoms with Gasteiger partial charge in [0.05, 0.1) is 15.5 Å². The summed E-state index contributed by atoms with van der Waals surface area (Å²) in [4.78, 5) is 0.100. The van der Waals surface area contributed by atoms with E-state index in [0.717, 1.165) is 6.42 Å². The van der Waals surface area contributed by atoms with E-state index in [4.69, 9.17) is 22.6 Å². The summed E-state index contributed by atoms with van der Waals surface area (Å²) in [5, 5.41) is 8.96. The van der Waals surface area contributed by atoms with E-state index in [1.807, 2.05) is 13.0 Å². The van der Waals surface area contributed by atoms with Crippen molar-refractivity contribution >= 4 is 21.6 Å². The van der Waals surface area contributed by atoms with Crippen molar-refractivity contribution in [2.45, 2.75) is 24.3 Å². The average molecular weight is 314 g/mol. The van der Waals surface area contributed by atoms with Gasteiger partial charge in [0.15, 0.2) is 0 Å². The van der Waals surface area contributed by atoms with Gasteiger partial charge in [0.2, 0.25) is 10.0 Å². The molecular weight excluding hydrogens is 298 g/mol. The molecule has 5 nitrogen and oxygen atoms in total. The lowest BCUT2D eigenvalue weighted by Gasteiger charge is -2.34. The monoisotopic (exact) mass is 313 g/mol. The molecule has 7 heteroatoms. The Kier molecular flexibility index (Phi) is 4.35. The lowest BCUT2D eigenvalue weighted by Crippen LogP contribution is -2.49. The fourth-order valence-corrected chi connectivity index (χ4v) is 3.99. The van der Waals surface area contributed by atoms with Crippen LogP contribution < -0.4 is 5.73 Å². The normalized spacial score (nSPS) is 24.3. The molecule has 0 saturated carbocycles. The topological polar surface area (TPSA) is 87.2 Å². The predicted molar refractivity (Wildman–Crippen MR) is 76.7 cm³/mol. The maximum absolute atomic E-state index is 12.5. The highest BCUT2D eigenvalue weighted by Gasteiger charge is 2.32. The molecule has 2 atom stereocenters. The molecule has 1 heterocycles. The Morgan fingerprint density at radius 1 is 1.50 bits per heavy atom. The van der Waals surface area contributed by atoms with Gasteiger partial charge in [-0.25, -0.2) is 8.42 Å². The number of sulfonamides is 1. The number of halogens is 1. The highest BCUT2D eigenvalue weighted by molar-refractivity contribution is 7.89. The minimum atomic E-state index is -3.61. The molecule has 2 unspecified atom stereocenters. The molecule has 0 amide bonds. The average Bonchev–Trinajstić information content (AvgIpc) is 2.41. The zero-order valence-corrected chi connectivity index (χ0v) is 12.7. The Hall–Kier alpha value is -1.13. The maximum Gasteiger partial charge on any atom is 0.243 e. The van der Waals surface area contributed by atoms with Gasteiger partial charge in [0.25, 0.3) is 0 Å². The first-order valence-electron chi connectivity index (χ1n) is 6.31. The number of hydrogen-bond acceptors (Lipinski definition) is 4. The van der Waals surface area contributed by atoms with Gasteiger partial charge in [-0.05, 0) is 30.5 Å². The summed E-state index contributed by atoms with van der Waals surface area (Å²) in [6.07, 6.45) is 0.740. The summed E-state index contributed by atoms with van der Waals surface area (Å²) in [7, 11) is -3.61. The van der Waals surface area contributed by atoms with E-state index in [1.165, 1.54) is 22.5 Å². The molecule has 0 aromatic heterocycles. The summed E-state index contributed by atoms with van der Waals surface area (Å²) in [5.74, 6) is 0.311. The van der Waals surface area contributed by atoms with Crippen LogP contribution in [-0.2, 0) is 10.0 Å². The highest BCUT2D eigenvalue weighted by Crippen LogP contribution is 2.26. The summed E-state index contributed by atoms with van der Waals surface area (Å²) in [6, 6.07) is 5.89. The second-order valence-electron chi connectivity index (χ2n) is 5.05. The van der Waals surface area contributed by atoms with Crippen molar-refractivity contribution in [1.29, 1.82) is 5.26 Å². The molecule has 2 N–H and O–H groups in total. The first-order chi connectivity index (χ1) is 9.36. The van der Waals surface area contributed by atoms with Crippen molar-refractivity contribution in [2.24, 2.45) is 11.7 Å². The molecule has 1 aliphatic rings. The fourth-order valence-electron chi connectivity index (χ4n) is 2.18. The first kappa shape index (κ1) is 15.3. The van der Waals surface area contributed by atoms with Crippen LogP contribution in [0.15, 0.2) is 23.1 Å². The Balaban J connectivity index is 2.31. The van der Waals surface area contributed by atoms with Gasteiger partial charge < -0.3 is 5.73 Å². The van der Waals surface area contributed by atoms with Crippen molar-refractivity contribution in [3.63, 3.8) is 0 Å². The minimum absolute atomic E-state index is 0.100. The number of rotatable bonds is 2.